The molecule has 2 N–H and O–H groups in total. The van der Waals surface area contributed by atoms with Crippen LogP contribution in [0, 0.1) is 0 Å². The van der Waals surface area contributed by atoms with E-state index in [-0.39, 0.29) is 12.0 Å². The second kappa shape index (κ2) is 9.25. The van der Waals surface area contributed by atoms with Crippen molar-refractivity contribution in [3.8, 4) is 17.1 Å². The third kappa shape index (κ3) is 4.37. The minimum atomic E-state index is -1.23. The van der Waals surface area contributed by atoms with E-state index in [9.17, 15) is 19.5 Å². The molecular weight excluding hydrogens is 414 g/mol. The minimum absolute atomic E-state index is 0.219. The summed E-state index contributed by atoms with van der Waals surface area (Å²) in [7, 11) is 0. The summed E-state index contributed by atoms with van der Waals surface area (Å²) in [5, 5.41) is 23.5. The van der Waals surface area contributed by atoms with Crippen LogP contribution in [0.5, 0.6) is 5.75 Å². The van der Waals surface area contributed by atoms with Crippen molar-refractivity contribution in [3.05, 3.63) is 46.2 Å². The summed E-state index contributed by atoms with van der Waals surface area (Å²) < 4.78 is 9.62. The average molecular weight is 439 g/mol. The quantitative estimate of drug-likeness (QED) is 0.464. The van der Waals surface area contributed by atoms with Crippen LogP contribution in [0.1, 0.15) is 48.9 Å². The predicted octanol–water partition coefficient (Wildman–Crippen LogP) is 3.38. The van der Waals surface area contributed by atoms with Crippen LogP contribution in [0.3, 0.4) is 0 Å². The molecule has 0 unspecified atom stereocenters. The molecule has 3 aromatic rings. The first-order chi connectivity index (χ1) is 15.5. The standard InChI is InChI=1S/C23H25N3O6/c27-18-13-17-22-15-7-6-8-19(32-12-5-3-1-2-4-9-20(28)29)21(15)24-26(22)11-10-25(17)14-16(18)23(30)31/h6-8,13-14H,1-5,9-12H2,(H,28,29)(H,30,31). The minimum Gasteiger partial charge on any atom is -0.491 e. The predicted molar refractivity (Wildman–Crippen MR) is 117 cm³/mol. The fourth-order valence-electron chi connectivity index (χ4n) is 4.09. The molecule has 0 amide bonds. The highest BCUT2D eigenvalue weighted by Crippen LogP contribution is 2.35. The van der Waals surface area contributed by atoms with Crippen molar-refractivity contribution in [1.29, 1.82) is 0 Å². The number of hydrogen-bond donors (Lipinski definition) is 2. The second-order valence-electron chi connectivity index (χ2n) is 7.92. The highest BCUT2D eigenvalue weighted by molar-refractivity contribution is 5.96. The molecule has 0 saturated carbocycles. The van der Waals surface area contributed by atoms with Crippen LogP contribution in [-0.4, -0.2) is 43.1 Å². The number of fused-ring (bicyclic) bond motifs is 5. The van der Waals surface area contributed by atoms with Crippen molar-refractivity contribution in [2.45, 2.75) is 51.6 Å². The second-order valence-corrected chi connectivity index (χ2v) is 7.92. The van der Waals surface area contributed by atoms with E-state index in [1.165, 1.54) is 12.3 Å². The number of unbranched alkanes of at least 4 members (excludes halogenated alkanes) is 4. The molecule has 0 atom stereocenters. The van der Waals surface area contributed by atoms with E-state index in [0.717, 1.165) is 36.8 Å². The number of aryl methyl sites for hydroxylation is 2. The fraction of sp³-hybridized carbons (Fsp3) is 0.391. The van der Waals surface area contributed by atoms with Gasteiger partial charge in [0.1, 0.15) is 16.8 Å². The first kappa shape index (κ1) is 21.6. The van der Waals surface area contributed by atoms with E-state index in [0.29, 0.717) is 43.1 Å². The Balaban J connectivity index is 1.49. The zero-order valence-corrected chi connectivity index (χ0v) is 17.6. The third-order valence-electron chi connectivity index (χ3n) is 5.68. The SMILES string of the molecule is O=C(O)CCCCCCCOc1cccc2c3n(nc12)CCn1cc(C(=O)O)c(=O)cc1-3. The summed E-state index contributed by atoms with van der Waals surface area (Å²) in [6, 6.07) is 7.05. The van der Waals surface area contributed by atoms with Crippen LogP contribution in [-0.2, 0) is 17.9 Å². The van der Waals surface area contributed by atoms with Gasteiger partial charge in [-0.3, -0.25) is 14.3 Å². The molecule has 4 rings (SSSR count). The lowest BCUT2D eigenvalue weighted by molar-refractivity contribution is -0.137. The van der Waals surface area contributed by atoms with Crippen molar-refractivity contribution in [2.24, 2.45) is 0 Å². The summed E-state index contributed by atoms with van der Waals surface area (Å²) >= 11 is 0. The summed E-state index contributed by atoms with van der Waals surface area (Å²) in [6.45, 7) is 1.63. The molecule has 32 heavy (non-hydrogen) atoms. The highest BCUT2D eigenvalue weighted by Gasteiger charge is 2.24. The third-order valence-corrected chi connectivity index (χ3v) is 5.68. The number of pyridine rings is 1. The zero-order chi connectivity index (χ0) is 22.7. The molecule has 0 spiro atoms. The zero-order valence-electron chi connectivity index (χ0n) is 17.6. The molecule has 9 heteroatoms. The topological polar surface area (TPSA) is 124 Å². The van der Waals surface area contributed by atoms with Gasteiger partial charge >= 0.3 is 11.9 Å². The maximum absolute atomic E-state index is 12.3. The number of aromatic carboxylic acids is 1. The Morgan fingerprint density at radius 1 is 1.06 bits per heavy atom. The van der Waals surface area contributed by atoms with Gasteiger partial charge in [0, 0.05) is 30.6 Å². The maximum atomic E-state index is 12.3. The molecule has 0 fully saturated rings. The lowest BCUT2D eigenvalue weighted by Crippen LogP contribution is -2.24. The Kier molecular flexibility index (Phi) is 6.25. The van der Waals surface area contributed by atoms with Crippen molar-refractivity contribution in [2.75, 3.05) is 6.61 Å². The van der Waals surface area contributed by atoms with Crippen molar-refractivity contribution < 1.29 is 24.5 Å². The summed E-state index contributed by atoms with van der Waals surface area (Å²) in [5.74, 6) is -1.31. The molecule has 0 radical (unpaired) electrons. The Labute approximate surface area is 183 Å². The summed E-state index contributed by atoms with van der Waals surface area (Å²) in [5.41, 5.74) is 1.38. The molecular formula is C23H25N3O6. The van der Waals surface area contributed by atoms with E-state index in [1.54, 1.807) is 4.57 Å². The van der Waals surface area contributed by atoms with Crippen LogP contribution in [0.25, 0.3) is 22.3 Å². The van der Waals surface area contributed by atoms with Gasteiger partial charge in [-0.25, -0.2) is 4.79 Å². The number of nitrogens with zero attached hydrogens (tertiary/aromatic N) is 3. The Bertz CT molecular complexity index is 1230. The number of carbonyl (C=O) groups is 2. The molecule has 1 aliphatic heterocycles. The molecule has 0 saturated heterocycles. The van der Waals surface area contributed by atoms with Gasteiger partial charge in [0.15, 0.2) is 5.43 Å². The van der Waals surface area contributed by atoms with Gasteiger partial charge in [-0.1, -0.05) is 31.4 Å². The molecule has 0 bridgehead atoms. The van der Waals surface area contributed by atoms with Gasteiger partial charge in [-0.2, -0.15) is 5.10 Å². The van der Waals surface area contributed by atoms with Gasteiger partial charge in [0.25, 0.3) is 0 Å². The largest absolute Gasteiger partial charge is 0.491 e. The normalized spacial score (nSPS) is 12.4. The molecule has 0 aliphatic carbocycles. The first-order valence-corrected chi connectivity index (χ1v) is 10.8. The first-order valence-electron chi connectivity index (χ1n) is 10.8. The van der Waals surface area contributed by atoms with Crippen LogP contribution in [0.4, 0.5) is 0 Å². The number of benzene rings is 1. The van der Waals surface area contributed by atoms with E-state index in [1.807, 2.05) is 22.9 Å². The average Bonchev–Trinajstić information content (AvgIpc) is 3.14. The van der Waals surface area contributed by atoms with Crippen LogP contribution < -0.4 is 10.2 Å². The molecule has 2 aromatic heterocycles. The van der Waals surface area contributed by atoms with E-state index < -0.39 is 17.4 Å². The molecule has 1 aliphatic rings. The van der Waals surface area contributed by atoms with Gasteiger partial charge in [0.2, 0.25) is 0 Å². The number of rotatable bonds is 10. The van der Waals surface area contributed by atoms with Crippen molar-refractivity contribution in [3.63, 3.8) is 0 Å². The molecule has 9 nitrogen and oxygen atoms in total. The number of carboxylic acids is 2. The Morgan fingerprint density at radius 3 is 2.62 bits per heavy atom. The number of carboxylic acid groups (broad SMARTS) is 2. The lowest BCUT2D eigenvalue weighted by atomic mass is 10.1. The van der Waals surface area contributed by atoms with Gasteiger partial charge in [-0.15, -0.1) is 0 Å². The molecule has 168 valence electrons. The molecule has 1 aromatic carbocycles. The molecule has 3 heterocycles. The Hall–Kier alpha value is -3.62. The van der Waals surface area contributed by atoms with Gasteiger partial charge in [0.05, 0.1) is 24.5 Å². The monoisotopic (exact) mass is 439 g/mol. The maximum Gasteiger partial charge on any atom is 0.341 e. The smallest absolute Gasteiger partial charge is 0.341 e. The fourth-order valence-corrected chi connectivity index (χ4v) is 4.09. The summed E-state index contributed by atoms with van der Waals surface area (Å²) in [6.07, 6.45) is 6.04. The van der Waals surface area contributed by atoms with Crippen molar-refractivity contribution in [1.82, 2.24) is 14.3 Å². The van der Waals surface area contributed by atoms with Gasteiger partial charge < -0.3 is 19.5 Å². The van der Waals surface area contributed by atoms with Crippen LogP contribution >= 0.6 is 0 Å². The van der Waals surface area contributed by atoms with E-state index in [2.05, 4.69) is 0 Å². The van der Waals surface area contributed by atoms with E-state index >= 15 is 0 Å². The number of hydrogen-bond acceptors (Lipinski definition) is 5. The van der Waals surface area contributed by atoms with Crippen molar-refractivity contribution >= 4 is 22.8 Å². The highest BCUT2D eigenvalue weighted by atomic mass is 16.5. The number of aliphatic carboxylic acids is 1. The summed E-state index contributed by atoms with van der Waals surface area (Å²) in [4.78, 5) is 34.1. The van der Waals surface area contributed by atoms with Crippen LogP contribution in [0.2, 0.25) is 0 Å². The number of ether oxygens (including phenoxy) is 1. The van der Waals surface area contributed by atoms with Gasteiger partial charge in [-0.05, 0) is 18.9 Å². The lowest BCUT2D eigenvalue weighted by Gasteiger charge is -2.21. The number of aromatic nitrogens is 3. The van der Waals surface area contributed by atoms with Crippen LogP contribution in [0.15, 0.2) is 35.3 Å². The van der Waals surface area contributed by atoms with E-state index in [4.69, 9.17) is 14.9 Å². The Morgan fingerprint density at radius 2 is 1.84 bits per heavy atom.